The standard InChI is InChI=1S/C23H22N2O4/c1-11-20-12(2)22(23(28)29-15-8-13(26)7-14(27)9-15)25-19(20)10-17-16-5-3-4-6-18(16)24-21(11)17/h3-6,10,13-15,26-27H,7-9H2,1-2H3. The maximum absolute atomic E-state index is 12.8. The highest BCUT2D eigenvalue weighted by atomic mass is 16.5. The lowest BCUT2D eigenvalue weighted by Crippen LogP contribution is -2.37. The maximum atomic E-state index is 12.8. The number of ether oxygens (including phenoxy) is 1. The second kappa shape index (κ2) is 6.61. The number of para-hydroxylation sites is 1. The van der Waals surface area contributed by atoms with Crippen LogP contribution in [0.25, 0.3) is 5.57 Å². The van der Waals surface area contributed by atoms with Gasteiger partial charge in [-0.15, -0.1) is 0 Å². The van der Waals surface area contributed by atoms with Crippen molar-refractivity contribution >= 4 is 28.6 Å². The number of aliphatic imine (C=N–C) groups is 1. The second-order valence-electron chi connectivity index (χ2n) is 8.05. The molecule has 1 aliphatic carbocycles. The molecule has 2 aromatic rings. The van der Waals surface area contributed by atoms with Gasteiger partial charge in [0.1, 0.15) is 6.10 Å². The number of hydrogen-bond donors (Lipinski definition) is 2. The third-order valence-corrected chi connectivity index (χ3v) is 5.99. The van der Waals surface area contributed by atoms with Gasteiger partial charge in [-0.3, -0.25) is 0 Å². The summed E-state index contributed by atoms with van der Waals surface area (Å²) in [7, 11) is 0. The number of fused-ring (bicyclic) bond motifs is 3. The molecule has 2 aromatic carbocycles. The fourth-order valence-electron chi connectivity index (χ4n) is 4.65. The third kappa shape index (κ3) is 2.91. The maximum Gasteiger partial charge on any atom is 0.357 e. The smallest absolute Gasteiger partial charge is 0.357 e. The Morgan fingerprint density at radius 1 is 1.03 bits per heavy atom. The van der Waals surface area contributed by atoms with Gasteiger partial charge in [-0.05, 0) is 43.5 Å². The van der Waals surface area contributed by atoms with E-state index in [1.165, 1.54) is 0 Å². The molecule has 3 aliphatic rings. The molecule has 2 N–H and O–H groups in total. The number of nitrogens with zero attached hydrogens (tertiary/aromatic N) is 2. The lowest BCUT2D eigenvalue weighted by Gasteiger charge is -2.29. The monoisotopic (exact) mass is 390 g/mol. The fourth-order valence-corrected chi connectivity index (χ4v) is 4.65. The number of hydrogen-bond acceptors (Lipinski definition) is 6. The Morgan fingerprint density at radius 2 is 1.76 bits per heavy atom. The zero-order valence-corrected chi connectivity index (χ0v) is 16.3. The number of rotatable bonds is 2. The van der Waals surface area contributed by atoms with E-state index in [4.69, 9.17) is 9.73 Å². The topological polar surface area (TPSA) is 91.5 Å². The van der Waals surface area contributed by atoms with Crippen molar-refractivity contribution in [2.24, 2.45) is 9.98 Å². The van der Waals surface area contributed by atoms with Gasteiger partial charge in [0.25, 0.3) is 0 Å². The number of aliphatic hydroxyl groups excluding tert-OH is 2. The first-order valence-electron chi connectivity index (χ1n) is 9.91. The quantitative estimate of drug-likeness (QED) is 0.651. The summed E-state index contributed by atoms with van der Waals surface area (Å²) in [4.78, 5) is 22.2. The predicted octanol–water partition coefficient (Wildman–Crippen LogP) is 1.62. The van der Waals surface area contributed by atoms with Gasteiger partial charge in [-0.2, -0.15) is 0 Å². The second-order valence-corrected chi connectivity index (χ2v) is 8.05. The van der Waals surface area contributed by atoms with E-state index in [1.807, 2.05) is 44.2 Å². The molecule has 29 heavy (non-hydrogen) atoms. The van der Waals surface area contributed by atoms with Gasteiger partial charge in [0.05, 0.1) is 28.9 Å². The molecule has 148 valence electrons. The summed E-state index contributed by atoms with van der Waals surface area (Å²) in [5.41, 5.74) is 3.73. The normalized spacial score (nSPS) is 24.3. The van der Waals surface area contributed by atoms with Gasteiger partial charge in [0, 0.05) is 28.5 Å². The summed E-state index contributed by atoms with van der Waals surface area (Å²) in [6, 6.07) is 9.99. The minimum atomic E-state index is -0.656. The zero-order chi connectivity index (χ0) is 20.3. The van der Waals surface area contributed by atoms with E-state index in [9.17, 15) is 15.0 Å². The Hall–Kier alpha value is -2.83. The molecule has 6 heteroatoms. The van der Waals surface area contributed by atoms with E-state index < -0.39 is 24.3 Å². The van der Waals surface area contributed by atoms with E-state index in [-0.39, 0.29) is 5.71 Å². The molecule has 2 heterocycles. The van der Waals surface area contributed by atoms with Crippen molar-refractivity contribution in [2.45, 2.75) is 51.4 Å². The number of carbonyl (C=O) groups excluding carboxylic acids is 1. The Morgan fingerprint density at radius 3 is 2.52 bits per heavy atom. The van der Waals surface area contributed by atoms with Crippen LogP contribution in [-0.4, -0.2) is 40.2 Å². The van der Waals surface area contributed by atoms with Crippen LogP contribution in [0.2, 0.25) is 0 Å². The molecule has 2 atom stereocenters. The van der Waals surface area contributed by atoms with Crippen LogP contribution in [-0.2, 0) is 9.53 Å². The average molecular weight is 390 g/mol. The minimum absolute atomic E-state index is 0.287. The molecular formula is C23H22N2O4. The van der Waals surface area contributed by atoms with Gasteiger partial charge in [-0.25, -0.2) is 14.8 Å². The SMILES string of the molecule is CC1=c2c(cc3c(c2C)N=c2ccccc2=3)N=C1C(=O)OC1CC(O)CC(O)C1. The lowest BCUT2D eigenvalue weighted by atomic mass is 9.92. The first kappa shape index (κ1) is 18.2. The Labute approximate surface area is 167 Å². The summed E-state index contributed by atoms with van der Waals surface area (Å²) < 4.78 is 5.58. The van der Waals surface area contributed by atoms with Crippen molar-refractivity contribution < 1.29 is 19.7 Å². The first-order chi connectivity index (χ1) is 13.9. The van der Waals surface area contributed by atoms with Crippen LogP contribution in [0.3, 0.4) is 0 Å². The number of carbonyl (C=O) groups is 1. The molecular weight excluding hydrogens is 368 g/mol. The molecule has 0 amide bonds. The molecule has 2 aliphatic heterocycles. The van der Waals surface area contributed by atoms with Crippen molar-refractivity contribution in [1.29, 1.82) is 0 Å². The zero-order valence-electron chi connectivity index (χ0n) is 16.3. The van der Waals surface area contributed by atoms with E-state index in [2.05, 4.69) is 4.99 Å². The third-order valence-electron chi connectivity index (χ3n) is 5.99. The Balaban J connectivity index is 1.54. The molecule has 0 spiro atoms. The number of benzene rings is 2. The highest BCUT2D eigenvalue weighted by Crippen LogP contribution is 2.29. The molecule has 1 fully saturated rings. The highest BCUT2D eigenvalue weighted by molar-refractivity contribution is 6.53. The summed E-state index contributed by atoms with van der Waals surface area (Å²) in [6.07, 6.45) is -0.821. The first-order valence-corrected chi connectivity index (χ1v) is 9.91. The van der Waals surface area contributed by atoms with Crippen LogP contribution in [0.5, 0.6) is 0 Å². The predicted molar refractivity (Wildman–Crippen MR) is 108 cm³/mol. The summed E-state index contributed by atoms with van der Waals surface area (Å²) >= 11 is 0. The van der Waals surface area contributed by atoms with E-state index >= 15 is 0 Å². The molecule has 5 rings (SSSR count). The van der Waals surface area contributed by atoms with Crippen LogP contribution in [0.1, 0.15) is 31.7 Å². The van der Waals surface area contributed by atoms with Crippen molar-refractivity contribution in [3.8, 4) is 0 Å². The van der Waals surface area contributed by atoms with Crippen molar-refractivity contribution in [3.05, 3.63) is 56.9 Å². The van der Waals surface area contributed by atoms with Crippen molar-refractivity contribution in [1.82, 2.24) is 0 Å². The van der Waals surface area contributed by atoms with Crippen LogP contribution in [0, 0.1) is 17.4 Å². The number of esters is 1. The van der Waals surface area contributed by atoms with Crippen molar-refractivity contribution in [2.75, 3.05) is 0 Å². The van der Waals surface area contributed by atoms with Gasteiger partial charge in [0.15, 0.2) is 5.71 Å². The Bertz CT molecular complexity index is 1290. The van der Waals surface area contributed by atoms with Gasteiger partial charge < -0.3 is 14.9 Å². The summed E-state index contributed by atoms with van der Waals surface area (Å²) in [5, 5.41) is 23.6. The molecule has 1 saturated carbocycles. The molecule has 6 nitrogen and oxygen atoms in total. The van der Waals surface area contributed by atoms with Gasteiger partial charge in [-0.1, -0.05) is 18.2 Å². The van der Waals surface area contributed by atoms with Crippen LogP contribution in [0.4, 0.5) is 11.4 Å². The number of aliphatic hydroxyl groups is 2. The fraction of sp³-hybridized carbons (Fsp3) is 0.348. The van der Waals surface area contributed by atoms with Crippen LogP contribution in [0.15, 0.2) is 40.3 Å². The summed E-state index contributed by atoms with van der Waals surface area (Å²) in [6.45, 7) is 3.88. The molecule has 0 aromatic heterocycles. The van der Waals surface area contributed by atoms with Gasteiger partial charge in [0.2, 0.25) is 0 Å². The van der Waals surface area contributed by atoms with E-state index in [0.29, 0.717) is 19.3 Å². The van der Waals surface area contributed by atoms with E-state index in [0.717, 1.165) is 43.5 Å². The minimum Gasteiger partial charge on any atom is -0.457 e. The van der Waals surface area contributed by atoms with Crippen LogP contribution >= 0.6 is 0 Å². The van der Waals surface area contributed by atoms with E-state index in [1.54, 1.807) is 0 Å². The van der Waals surface area contributed by atoms with Crippen molar-refractivity contribution in [3.63, 3.8) is 0 Å². The van der Waals surface area contributed by atoms with Gasteiger partial charge >= 0.3 is 5.97 Å². The largest absolute Gasteiger partial charge is 0.457 e. The lowest BCUT2D eigenvalue weighted by molar-refractivity contribution is -0.146. The average Bonchev–Trinajstić information content (AvgIpc) is 3.20. The molecule has 0 radical (unpaired) electrons. The van der Waals surface area contributed by atoms with Crippen LogP contribution < -0.4 is 10.6 Å². The summed E-state index contributed by atoms with van der Waals surface area (Å²) in [5.74, 6) is -0.512. The Kier molecular flexibility index (Phi) is 4.15. The molecule has 2 unspecified atom stereocenters. The molecule has 0 bridgehead atoms. The highest BCUT2D eigenvalue weighted by Gasteiger charge is 2.32. The molecule has 0 saturated heterocycles.